The van der Waals surface area contributed by atoms with Crippen molar-refractivity contribution in [1.29, 1.82) is 0 Å². The van der Waals surface area contributed by atoms with Gasteiger partial charge in [-0.3, -0.25) is 0 Å². The predicted octanol–water partition coefficient (Wildman–Crippen LogP) is -3.68. The third-order valence-electron chi connectivity index (χ3n) is 0. The van der Waals surface area contributed by atoms with Gasteiger partial charge >= 0.3 is 0 Å². The van der Waals surface area contributed by atoms with Crippen LogP contribution in [0.4, 0.5) is 0 Å². The molecule has 6 heavy (non-hydrogen) atoms. The summed E-state index contributed by atoms with van der Waals surface area (Å²) < 4.78 is 0. The van der Waals surface area contributed by atoms with Crippen LogP contribution >= 0.6 is 0 Å². The van der Waals surface area contributed by atoms with Crippen molar-refractivity contribution >= 4 is 48.9 Å². The molecule has 0 unspecified atom stereocenters. The standard InChI is InChI=1S/Ba.4H2O.W/h;4*1H2;. The minimum Gasteiger partial charge on any atom is -0.412 e. The molecule has 0 aromatic rings. The van der Waals surface area contributed by atoms with E-state index >= 15 is 0 Å². The molecule has 0 bridgehead atoms. The molecule has 0 saturated carbocycles. The second kappa shape index (κ2) is 59.9. The summed E-state index contributed by atoms with van der Waals surface area (Å²) in [6, 6.07) is 0. The van der Waals surface area contributed by atoms with E-state index in [4.69, 9.17) is 0 Å². The largest absolute Gasteiger partial charge is 0.412 e. The first-order valence-electron chi connectivity index (χ1n) is 0. The van der Waals surface area contributed by atoms with Crippen molar-refractivity contribution in [2.24, 2.45) is 0 Å². The maximum Gasteiger partial charge on any atom is 0 e. The molecule has 6 heteroatoms. The fourth-order valence-electron chi connectivity index (χ4n) is 0. The number of rotatable bonds is 0. The summed E-state index contributed by atoms with van der Waals surface area (Å²) in [5.41, 5.74) is 0. The van der Waals surface area contributed by atoms with E-state index in [0.29, 0.717) is 0 Å². The second-order valence-corrected chi connectivity index (χ2v) is 0. The summed E-state index contributed by atoms with van der Waals surface area (Å²) in [6.45, 7) is 0. The van der Waals surface area contributed by atoms with E-state index in [1.54, 1.807) is 0 Å². The Labute approximate surface area is 90.3 Å². The normalized spacial score (nSPS) is 0. The Morgan fingerprint density at radius 2 is 0.500 bits per heavy atom. The van der Waals surface area contributed by atoms with Gasteiger partial charge in [-0.2, -0.15) is 0 Å². The van der Waals surface area contributed by atoms with Gasteiger partial charge in [0.1, 0.15) is 0 Å². The Balaban J connectivity index is 0. The van der Waals surface area contributed by atoms with E-state index in [9.17, 15) is 0 Å². The van der Waals surface area contributed by atoms with Crippen LogP contribution in [0, 0.1) is 0 Å². The van der Waals surface area contributed by atoms with Crippen LogP contribution in [0.1, 0.15) is 0 Å². The number of hydrogen-bond acceptors (Lipinski definition) is 0. The van der Waals surface area contributed by atoms with Crippen LogP contribution in [-0.4, -0.2) is 70.8 Å². The average molecular weight is 393 g/mol. The fourth-order valence-corrected chi connectivity index (χ4v) is 0. The van der Waals surface area contributed by atoms with Gasteiger partial charge in [0.25, 0.3) is 0 Å². The molecule has 8 N–H and O–H groups in total. The van der Waals surface area contributed by atoms with Crippen molar-refractivity contribution in [3.05, 3.63) is 0 Å². The average Bonchev–Trinajstić information content (AvgIpc) is 0. The molecule has 0 rings (SSSR count). The smallest absolute Gasteiger partial charge is 0 e. The zero-order valence-electron chi connectivity index (χ0n) is 3.12. The quantitative estimate of drug-likeness (QED) is 0.376. The summed E-state index contributed by atoms with van der Waals surface area (Å²) in [5.74, 6) is 0. The molecular formula is H8BaO4W. The first kappa shape index (κ1) is 92.6. The van der Waals surface area contributed by atoms with Gasteiger partial charge in [0.05, 0.1) is 0 Å². The summed E-state index contributed by atoms with van der Waals surface area (Å²) in [7, 11) is 0. The van der Waals surface area contributed by atoms with E-state index in [2.05, 4.69) is 0 Å². The molecule has 0 aliphatic heterocycles. The molecule has 0 aromatic heterocycles. The molecule has 0 heterocycles. The molecule has 0 aliphatic carbocycles. The van der Waals surface area contributed by atoms with Gasteiger partial charge in [0.2, 0.25) is 0 Å². The third-order valence-corrected chi connectivity index (χ3v) is 0. The molecule has 2 radical (unpaired) electrons. The Kier molecular flexibility index (Phi) is 925. The van der Waals surface area contributed by atoms with E-state index in [1.165, 1.54) is 0 Å². The van der Waals surface area contributed by atoms with Crippen molar-refractivity contribution in [3.8, 4) is 0 Å². The zero-order chi connectivity index (χ0) is 0. The van der Waals surface area contributed by atoms with E-state index in [1.807, 2.05) is 0 Å². The van der Waals surface area contributed by atoms with Crippen LogP contribution in [0.25, 0.3) is 0 Å². The first-order valence-corrected chi connectivity index (χ1v) is 0. The van der Waals surface area contributed by atoms with Crippen molar-refractivity contribution in [1.82, 2.24) is 0 Å². The predicted molar refractivity (Wildman–Crippen MR) is 20.2 cm³/mol. The molecule has 0 saturated heterocycles. The minimum absolute atomic E-state index is 0. The van der Waals surface area contributed by atoms with Crippen molar-refractivity contribution < 1.29 is 43.0 Å². The van der Waals surface area contributed by atoms with E-state index < -0.39 is 0 Å². The molecule has 0 atom stereocenters. The molecule has 4 nitrogen and oxygen atoms in total. The summed E-state index contributed by atoms with van der Waals surface area (Å²) in [6.07, 6.45) is 0. The molecule has 40 valence electrons. The monoisotopic (exact) mass is 394 g/mol. The van der Waals surface area contributed by atoms with Gasteiger partial charge in [0.15, 0.2) is 0 Å². The molecule has 0 aromatic carbocycles. The van der Waals surface area contributed by atoms with E-state index in [-0.39, 0.29) is 91.9 Å². The van der Waals surface area contributed by atoms with Gasteiger partial charge in [-0.25, -0.2) is 0 Å². The molecule has 0 spiro atoms. The molecule has 0 fully saturated rings. The SMILES string of the molecule is O.O.O.O.[Ba].[W]. The van der Waals surface area contributed by atoms with Crippen LogP contribution < -0.4 is 0 Å². The van der Waals surface area contributed by atoms with Crippen molar-refractivity contribution in [2.75, 3.05) is 0 Å². The summed E-state index contributed by atoms with van der Waals surface area (Å²) >= 11 is 0. The maximum atomic E-state index is 0. The van der Waals surface area contributed by atoms with Gasteiger partial charge in [-0.15, -0.1) is 0 Å². The number of hydrogen-bond donors (Lipinski definition) is 0. The Morgan fingerprint density at radius 3 is 0.500 bits per heavy atom. The molecule has 0 aliphatic rings. The minimum atomic E-state index is 0. The Morgan fingerprint density at radius 1 is 0.500 bits per heavy atom. The van der Waals surface area contributed by atoms with Crippen LogP contribution in [-0.2, 0) is 21.1 Å². The van der Waals surface area contributed by atoms with E-state index in [0.717, 1.165) is 0 Å². The Hall–Kier alpha value is 2.10. The van der Waals surface area contributed by atoms with Gasteiger partial charge < -0.3 is 21.9 Å². The van der Waals surface area contributed by atoms with Crippen LogP contribution in [0.2, 0.25) is 0 Å². The van der Waals surface area contributed by atoms with Gasteiger partial charge in [-0.1, -0.05) is 0 Å². The summed E-state index contributed by atoms with van der Waals surface area (Å²) in [4.78, 5) is 0. The second-order valence-electron chi connectivity index (χ2n) is 0. The topological polar surface area (TPSA) is 126 Å². The van der Waals surface area contributed by atoms with Crippen molar-refractivity contribution in [3.63, 3.8) is 0 Å². The van der Waals surface area contributed by atoms with Crippen molar-refractivity contribution in [2.45, 2.75) is 0 Å². The van der Waals surface area contributed by atoms with Gasteiger partial charge in [0, 0.05) is 69.9 Å². The first-order chi connectivity index (χ1) is 0. The fraction of sp³-hybridized carbons (Fsp3) is 0. The van der Waals surface area contributed by atoms with Crippen LogP contribution in [0.15, 0.2) is 0 Å². The van der Waals surface area contributed by atoms with Gasteiger partial charge in [-0.05, 0) is 0 Å². The summed E-state index contributed by atoms with van der Waals surface area (Å²) in [5, 5.41) is 0. The molecular weight excluding hydrogens is 385 g/mol. The molecule has 0 amide bonds. The van der Waals surface area contributed by atoms with Crippen LogP contribution in [0.3, 0.4) is 0 Å². The maximum absolute atomic E-state index is 0. The van der Waals surface area contributed by atoms with Crippen LogP contribution in [0.5, 0.6) is 0 Å². The zero-order valence-corrected chi connectivity index (χ0v) is 10.5. The Bertz CT molecular complexity index is 7.51. The third kappa shape index (κ3) is 36.0.